The van der Waals surface area contributed by atoms with Gasteiger partial charge in [-0.2, -0.15) is 0 Å². The van der Waals surface area contributed by atoms with Crippen LogP contribution in [0.3, 0.4) is 0 Å². The van der Waals surface area contributed by atoms with E-state index in [0.29, 0.717) is 25.7 Å². The number of allylic oxidation sites excluding steroid dienone is 12. The van der Waals surface area contributed by atoms with Crippen molar-refractivity contribution in [2.75, 3.05) is 19.8 Å². The maximum atomic E-state index is 12.6. The molecule has 4 atom stereocenters. The Balaban J connectivity index is 4.52. The van der Waals surface area contributed by atoms with Gasteiger partial charge in [0.2, 0.25) is 0 Å². The Bertz CT molecular complexity index is 1340. The molecule has 0 bridgehead atoms. The zero-order valence-corrected chi connectivity index (χ0v) is 36.8. The fourth-order valence-electron chi connectivity index (χ4n) is 5.27. The summed E-state index contributed by atoms with van der Waals surface area (Å²) in [6.07, 6.45) is 45.6. The van der Waals surface area contributed by atoms with Gasteiger partial charge in [-0.25, -0.2) is 4.57 Å². The predicted octanol–water partition coefficient (Wildman–Crippen LogP) is 10.5. The Morgan fingerprint density at radius 1 is 0.627 bits per heavy atom. The van der Waals surface area contributed by atoms with Crippen molar-refractivity contribution < 1.29 is 52.6 Å². The van der Waals surface area contributed by atoms with Gasteiger partial charge in [0.1, 0.15) is 12.6 Å². The first-order valence-corrected chi connectivity index (χ1v) is 23.2. The quantitative estimate of drug-likeness (QED) is 0.0151. The molecule has 0 radical (unpaired) electrons. The summed E-state index contributed by atoms with van der Waals surface area (Å²) < 4.78 is 32.6. The van der Waals surface area contributed by atoms with Gasteiger partial charge in [0, 0.05) is 12.8 Å². The molecule has 2 unspecified atom stereocenters. The second-order valence-electron chi connectivity index (χ2n) is 14.3. The number of unbranched alkanes of at least 4 members (excludes halogenated alkanes) is 11. The number of phosphoric ester groups is 1. The third-order valence-corrected chi connectivity index (χ3v) is 9.65. The van der Waals surface area contributed by atoms with Gasteiger partial charge in [0.15, 0.2) is 6.10 Å². The minimum atomic E-state index is -4.75. The third kappa shape index (κ3) is 39.8. The Labute approximate surface area is 355 Å². The lowest BCUT2D eigenvalue weighted by atomic mass is 10.1. The normalized spacial score (nSPS) is 15.1. The van der Waals surface area contributed by atoms with Gasteiger partial charge in [0.25, 0.3) is 0 Å². The van der Waals surface area contributed by atoms with Crippen molar-refractivity contribution in [3.05, 3.63) is 85.1 Å². The molecule has 13 heteroatoms. The molecular formula is C46H76NO11P. The van der Waals surface area contributed by atoms with Gasteiger partial charge in [-0.1, -0.05) is 144 Å². The van der Waals surface area contributed by atoms with Crippen LogP contribution in [-0.4, -0.2) is 71.1 Å². The number of carbonyl (C=O) groups excluding carboxylic acids is 2. The van der Waals surface area contributed by atoms with Crippen LogP contribution < -0.4 is 5.73 Å². The summed E-state index contributed by atoms with van der Waals surface area (Å²) in [5.41, 5.74) is 5.33. The van der Waals surface area contributed by atoms with Gasteiger partial charge in [-0.05, 0) is 77.0 Å². The number of hydrogen-bond acceptors (Lipinski definition) is 10. The zero-order valence-electron chi connectivity index (χ0n) is 35.9. The minimum absolute atomic E-state index is 0.119. The van der Waals surface area contributed by atoms with Crippen molar-refractivity contribution in [2.45, 2.75) is 167 Å². The van der Waals surface area contributed by atoms with Gasteiger partial charge in [-0.3, -0.25) is 23.4 Å². The maximum Gasteiger partial charge on any atom is 0.472 e. The first-order chi connectivity index (χ1) is 28.5. The number of rotatable bonds is 39. The number of carboxylic acid groups (broad SMARTS) is 1. The Kier molecular flexibility index (Phi) is 37.8. The highest BCUT2D eigenvalue weighted by molar-refractivity contribution is 7.47. The van der Waals surface area contributed by atoms with Gasteiger partial charge in [0.05, 0.1) is 19.3 Å². The van der Waals surface area contributed by atoms with Crippen LogP contribution in [-0.2, 0) is 37.5 Å². The molecule has 0 heterocycles. The molecule has 0 saturated heterocycles. The van der Waals surface area contributed by atoms with Crippen LogP contribution in [0.5, 0.6) is 0 Å². The molecule has 0 fully saturated rings. The molecule has 0 aromatic rings. The molecule has 12 nitrogen and oxygen atoms in total. The fraction of sp³-hybridized carbons (Fsp3) is 0.630. The highest BCUT2D eigenvalue weighted by Gasteiger charge is 2.28. The van der Waals surface area contributed by atoms with Crippen molar-refractivity contribution in [1.82, 2.24) is 0 Å². The Morgan fingerprint density at radius 2 is 1.15 bits per heavy atom. The van der Waals surface area contributed by atoms with Crippen molar-refractivity contribution >= 4 is 25.7 Å². The van der Waals surface area contributed by atoms with E-state index >= 15 is 0 Å². The van der Waals surface area contributed by atoms with Crippen LogP contribution in [0.2, 0.25) is 0 Å². The topological polar surface area (TPSA) is 192 Å². The van der Waals surface area contributed by atoms with E-state index in [9.17, 15) is 28.9 Å². The number of aliphatic carboxylic acids is 1. The maximum absolute atomic E-state index is 12.6. The van der Waals surface area contributed by atoms with Crippen molar-refractivity contribution in [1.29, 1.82) is 0 Å². The minimum Gasteiger partial charge on any atom is -0.480 e. The molecule has 59 heavy (non-hydrogen) atoms. The average molecular weight is 850 g/mol. The van der Waals surface area contributed by atoms with E-state index < -0.39 is 63.8 Å². The number of aliphatic hydroxyl groups is 1. The number of carboxylic acids is 1. The summed E-state index contributed by atoms with van der Waals surface area (Å²) in [7, 11) is -4.75. The van der Waals surface area contributed by atoms with Crippen molar-refractivity contribution in [2.24, 2.45) is 5.73 Å². The van der Waals surface area contributed by atoms with Crippen molar-refractivity contribution in [3.63, 3.8) is 0 Å². The molecule has 0 aromatic carbocycles. The first kappa shape index (κ1) is 55.6. The largest absolute Gasteiger partial charge is 0.480 e. The predicted molar refractivity (Wildman–Crippen MR) is 236 cm³/mol. The van der Waals surface area contributed by atoms with Crippen LogP contribution in [0.1, 0.15) is 149 Å². The molecule has 0 amide bonds. The summed E-state index contributed by atoms with van der Waals surface area (Å²) in [4.78, 5) is 45.9. The smallest absolute Gasteiger partial charge is 0.472 e. The van der Waals surface area contributed by atoms with Crippen LogP contribution in [0.15, 0.2) is 85.1 Å². The molecule has 0 aliphatic rings. The molecule has 0 aromatic heterocycles. The second kappa shape index (κ2) is 40.0. The summed E-state index contributed by atoms with van der Waals surface area (Å²) in [5.74, 6) is -2.50. The number of phosphoric acid groups is 1. The van der Waals surface area contributed by atoms with Gasteiger partial charge >= 0.3 is 25.7 Å². The van der Waals surface area contributed by atoms with Crippen molar-refractivity contribution in [3.8, 4) is 0 Å². The number of aliphatic hydroxyl groups excluding tert-OH is 1. The van der Waals surface area contributed by atoms with Crippen LogP contribution in [0.25, 0.3) is 0 Å². The van der Waals surface area contributed by atoms with Gasteiger partial charge < -0.3 is 30.3 Å². The summed E-state index contributed by atoms with van der Waals surface area (Å²) in [5, 5.41) is 18.6. The van der Waals surface area contributed by atoms with E-state index in [1.165, 1.54) is 32.1 Å². The van der Waals surface area contributed by atoms with Crippen LogP contribution in [0.4, 0.5) is 0 Å². The molecule has 5 N–H and O–H groups in total. The zero-order chi connectivity index (χ0) is 43.7. The molecule has 0 saturated carbocycles. The number of ether oxygens (including phenoxy) is 2. The number of esters is 2. The molecular weight excluding hydrogens is 773 g/mol. The van der Waals surface area contributed by atoms with E-state index in [0.717, 1.165) is 64.2 Å². The van der Waals surface area contributed by atoms with E-state index in [4.69, 9.17) is 24.8 Å². The third-order valence-electron chi connectivity index (χ3n) is 8.70. The molecule has 0 aliphatic heterocycles. The number of nitrogens with two attached hydrogens (primary N) is 1. The lowest BCUT2D eigenvalue weighted by molar-refractivity contribution is -0.161. The van der Waals surface area contributed by atoms with E-state index in [1.807, 2.05) is 49.5 Å². The lowest BCUT2D eigenvalue weighted by Crippen LogP contribution is -2.34. The Morgan fingerprint density at radius 3 is 1.78 bits per heavy atom. The highest BCUT2D eigenvalue weighted by atomic mass is 31.2. The SMILES string of the molecule is CC/C=C\C(O)C/C=C/C=C\C/C=C\C/C=C\CCCC(=O)OC[C@H](COP(=O)(O)OC[C@H](N)C(=O)O)OC(=O)CCCCCCCCC/C=C\C/C=C\CCCCC. The molecule has 0 rings (SSSR count). The first-order valence-electron chi connectivity index (χ1n) is 21.7. The average Bonchev–Trinajstić information content (AvgIpc) is 3.21. The fourth-order valence-corrected chi connectivity index (χ4v) is 6.05. The highest BCUT2D eigenvalue weighted by Crippen LogP contribution is 2.43. The molecule has 0 aliphatic carbocycles. The number of carbonyl (C=O) groups is 3. The van der Waals surface area contributed by atoms with E-state index in [-0.39, 0.29) is 12.8 Å². The lowest BCUT2D eigenvalue weighted by Gasteiger charge is -2.20. The van der Waals surface area contributed by atoms with Gasteiger partial charge in [-0.15, -0.1) is 0 Å². The van der Waals surface area contributed by atoms with Crippen LogP contribution in [0, 0.1) is 0 Å². The second-order valence-corrected chi connectivity index (χ2v) is 15.7. The van der Waals surface area contributed by atoms with E-state index in [2.05, 4.69) is 47.9 Å². The molecule has 336 valence electrons. The standard InChI is InChI=1S/C46H76NO11P/c1-3-5-7-8-9-10-11-12-13-14-15-16-21-24-27-30-33-37-45(50)58-42(39-56-59(53,54)57-40-43(47)46(51)52)38-55-44(49)36-32-29-26-23-20-18-17-19-22-25-28-31-35-41(48)34-6-4-2/h6,9-10,12-13,17-18,22-23,25-26,28,31,34,41-43,48H,3-5,7-8,11,14-16,19-21,24,27,29-30,32-33,35-40,47H2,1-2H3,(H,51,52)(H,53,54)/b10-9-,13-12-,18-17-,25-22-,26-23-,31-28+,34-6-/t41?,42-,43+/m1/s1. The summed E-state index contributed by atoms with van der Waals surface area (Å²) in [6.45, 7) is 2.45. The monoisotopic (exact) mass is 850 g/mol. The van der Waals surface area contributed by atoms with E-state index in [1.54, 1.807) is 6.08 Å². The Hall–Kier alpha value is -3.38. The van der Waals surface area contributed by atoms with Crippen LogP contribution >= 0.6 is 7.82 Å². The summed E-state index contributed by atoms with van der Waals surface area (Å²) in [6, 6.07) is -1.54. The summed E-state index contributed by atoms with van der Waals surface area (Å²) >= 11 is 0. The molecule has 0 spiro atoms. The number of hydrogen-bond donors (Lipinski definition) is 4.